The average Bonchev–Trinajstić information content (AvgIpc) is 3.51. The molecule has 4 rings (SSSR count). The van der Waals surface area contributed by atoms with Crippen molar-refractivity contribution in [3.8, 4) is 5.69 Å². The van der Waals surface area contributed by atoms with Crippen LogP contribution in [-0.2, 0) is 9.59 Å². The lowest BCUT2D eigenvalue weighted by atomic mass is 10.2. The van der Waals surface area contributed by atoms with Crippen LogP contribution in [0.3, 0.4) is 0 Å². The van der Waals surface area contributed by atoms with Crippen LogP contribution in [-0.4, -0.2) is 46.6 Å². The molecule has 160 valence electrons. The maximum absolute atomic E-state index is 12.7. The van der Waals surface area contributed by atoms with Gasteiger partial charge in [0.05, 0.1) is 24.5 Å². The summed E-state index contributed by atoms with van der Waals surface area (Å²) in [5, 5.41) is 10.5. The van der Waals surface area contributed by atoms with E-state index in [1.807, 2.05) is 67.6 Å². The number of nitrogens with zero attached hydrogens (tertiary/aromatic N) is 3. The number of carbonyl (C=O) groups is 2. The SMILES string of the molecule is Cc1ccc(NC(=O)CN(C)CC(=O)Nc2cc(C3CC3)nn2-c2ccccc2)cc1. The molecule has 0 saturated heterocycles. The van der Waals surface area contributed by atoms with Crippen LogP contribution >= 0.6 is 0 Å². The second kappa shape index (κ2) is 9.14. The number of hydrogen-bond acceptors (Lipinski definition) is 4. The number of likely N-dealkylation sites (N-methyl/N-ethyl adjacent to an activating group) is 1. The van der Waals surface area contributed by atoms with E-state index in [0.29, 0.717) is 11.7 Å². The fourth-order valence-electron chi connectivity index (χ4n) is 3.40. The Bertz CT molecular complexity index is 1060. The summed E-state index contributed by atoms with van der Waals surface area (Å²) in [6.07, 6.45) is 2.27. The van der Waals surface area contributed by atoms with Gasteiger partial charge in [0.15, 0.2) is 0 Å². The summed E-state index contributed by atoms with van der Waals surface area (Å²) in [7, 11) is 1.75. The van der Waals surface area contributed by atoms with Crippen LogP contribution < -0.4 is 10.6 Å². The van der Waals surface area contributed by atoms with E-state index in [4.69, 9.17) is 5.10 Å². The molecular formula is C24H27N5O2. The van der Waals surface area contributed by atoms with Gasteiger partial charge >= 0.3 is 0 Å². The molecule has 0 spiro atoms. The van der Waals surface area contributed by atoms with Crippen LogP contribution in [0.2, 0.25) is 0 Å². The summed E-state index contributed by atoms with van der Waals surface area (Å²) in [5.41, 5.74) is 3.78. The minimum Gasteiger partial charge on any atom is -0.325 e. The summed E-state index contributed by atoms with van der Waals surface area (Å²) in [6, 6.07) is 19.3. The number of carbonyl (C=O) groups excluding carboxylic acids is 2. The average molecular weight is 418 g/mol. The predicted octanol–water partition coefficient (Wildman–Crippen LogP) is 3.57. The summed E-state index contributed by atoms with van der Waals surface area (Å²) >= 11 is 0. The van der Waals surface area contributed by atoms with E-state index in [1.165, 1.54) is 0 Å². The number of nitrogens with one attached hydrogen (secondary N) is 2. The molecule has 1 aliphatic rings. The first-order chi connectivity index (χ1) is 15.0. The first kappa shape index (κ1) is 20.8. The molecule has 2 aromatic carbocycles. The summed E-state index contributed by atoms with van der Waals surface area (Å²) in [6.45, 7) is 2.21. The molecule has 7 heteroatoms. The third-order valence-electron chi connectivity index (χ3n) is 5.15. The number of benzene rings is 2. The first-order valence-corrected chi connectivity index (χ1v) is 10.5. The molecule has 7 nitrogen and oxygen atoms in total. The zero-order valence-corrected chi connectivity index (χ0v) is 17.8. The molecule has 1 fully saturated rings. The molecule has 0 bridgehead atoms. The van der Waals surface area contributed by atoms with Crippen LogP contribution in [0, 0.1) is 6.92 Å². The largest absolute Gasteiger partial charge is 0.325 e. The van der Waals surface area contributed by atoms with E-state index in [-0.39, 0.29) is 24.9 Å². The zero-order chi connectivity index (χ0) is 21.8. The van der Waals surface area contributed by atoms with Crippen molar-refractivity contribution in [3.05, 3.63) is 71.9 Å². The van der Waals surface area contributed by atoms with Crippen LogP contribution in [0.5, 0.6) is 0 Å². The Morgan fingerprint density at radius 2 is 1.65 bits per heavy atom. The fraction of sp³-hybridized carbons (Fsp3) is 0.292. The van der Waals surface area contributed by atoms with Gasteiger partial charge in [-0.25, -0.2) is 4.68 Å². The highest BCUT2D eigenvalue weighted by Crippen LogP contribution is 2.40. The Hall–Kier alpha value is -3.45. The number of aryl methyl sites for hydroxylation is 1. The van der Waals surface area contributed by atoms with Gasteiger partial charge in [0.2, 0.25) is 11.8 Å². The molecule has 2 N–H and O–H groups in total. The fourth-order valence-corrected chi connectivity index (χ4v) is 3.40. The zero-order valence-electron chi connectivity index (χ0n) is 17.8. The number of para-hydroxylation sites is 1. The van der Waals surface area contributed by atoms with Crippen molar-refractivity contribution in [3.63, 3.8) is 0 Å². The lowest BCUT2D eigenvalue weighted by molar-refractivity contribution is -0.119. The van der Waals surface area contributed by atoms with Gasteiger partial charge in [0, 0.05) is 17.7 Å². The van der Waals surface area contributed by atoms with Gasteiger partial charge in [0.25, 0.3) is 0 Å². The molecule has 1 heterocycles. The van der Waals surface area contributed by atoms with Crippen LogP contribution in [0.4, 0.5) is 11.5 Å². The van der Waals surface area contributed by atoms with Crippen molar-refractivity contribution < 1.29 is 9.59 Å². The normalized spacial score (nSPS) is 13.3. The number of aromatic nitrogens is 2. The van der Waals surface area contributed by atoms with Gasteiger partial charge < -0.3 is 10.6 Å². The van der Waals surface area contributed by atoms with Crippen molar-refractivity contribution >= 4 is 23.3 Å². The molecular weight excluding hydrogens is 390 g/mol. The van der Waals surface area contributed by atoms with Gasteiger partial charge in [-0.3, -0.25) is 14.5 Å². The summed E-state index contributed by atoms with van der Waals surface area (Å²) in [4.78, 5) is 26.6. The number of amides is 2. The standard InChI is InChI=1S/C24H27N5O2/c1-17-8-12-19(13-9-17)25-23(30)15-28(2)16-24(31)26-22-14-21(18-10-11-18)27-29(22)20-6-4-3-5-7-20/h3-9,12-14,18H,10-11,15-16H2,1-2H3,(H,25,30)(H,26,31). The molecule has 1 aliphatic carbocycles. The molecule has 0 aliphatic heterocycles. The number of anilines is 2. The molecule has 0 radical (unpaired) electrons. The van der Waals surface area contributed by atoms with Crippen molar-refractivity contribution in [2.45, 2.75) is 25.7 Å². The van der Waals surface area contributed by atoms with E-state index in [9.17, 15) is 9.59 Å². The number of hydrogen-bond donors (Lipinski definition) is 2. The molecule has 0 atom stereocenters. The highest BCUT2D eigenvalue weighted by Gasteiger charge is 2.28. The van der Waals surface area contributed by atoms with Gasteiger partial charge in [-0.15, -0.1) is 0 Å². The molecule has 3 aromatic rings. The Kier molecular flexibility index (Phi) is 6.13. The summed E-state index contributed by atoms with van der Waals surface area (Å²) < 4.78 is 1.77. The predicted molar refractivity (Wildman–Crippen MR) is 121 cm³/mol. The molecule has 2 amide bonds. The maximum Gasteiger partial charge on any atom is 0.239 e. The van der Waals surface area contributed by atoms with E-state index in [2.05, 4.69) is 10.6 Å². The van der Waals surface area contributed by atoms with Gasteiger partial charge in [-0.05, 0) is 51.1 Å². The van der Waals surface area contributed by atoms with Crippen LogP contribution in [0.1, 0.15) is 30.0 Å². The second-order valence-electron chi connectivity index (χ2n) is 8.11. The first-order valence-electron chi connectivity index (χ1n) is 10.5. The minimum absolute atomic E-state index is 0.0973. The smallest absolute Gasteiger partial charge is 0.239 e. The van der Waals surface area contributed by atoms with Crippen molar-refractivity contribution in [1.29, 1.82) is 0 Å². The van der Waals surface area contributed by atoms with E-state index >= 15 is 0 Å². The minimum atomic E-state index is -0.190. The quantitative estimate of drug-likeness (QED) is 0.587. The van der Waals surface area contributed by atoms with Gasteiger partial charge in [0.1, 0.15) is 5.82 Å². The van der Waals surface area contributed by atoms with Crippen molar-refractivity contribution in [2.75, 3.05) is 30.8 Å². The van der Waals surface area contributed by atoms with E-state index in [1.54, 1.807) is 16.6 Å². The third-order valence-corrected chi connectivity index (χ3v) is 5.15. The Balaban J connectivity index is 1.36. The third kappa shape index (κ3) is 5.58. The van der Waals surface area contributed by atoms with Crippen LogP contribution in [0.25, 0.3) is 5.69 Å². The van der Waals surface area contributed by atoms with E-state index < -0.39 is 0 Å². The van der Waals surface area contributed by atoms with Crippen LogP contribution in [0.15, 0.2) is 60.7 Å². The molecule has 31 heavy (non-hydrogen) atoms. The topological polar surface area (TPSA) is 79.3 Å². The highest BCUT2D eigenvalue weighted by molar-refractivity contribution is 5.94. The maximum atomic E-state index is 12.7. The van der Waals surface area contributed by atoms with Gasteiger partial charge in [-0.2, -0.15) is 5.10 Å². The molecule has 0 unspecified atom stereocenters. The Labute approximate surface area is 182 Å². The van der Waals surface area contributed by atoms with Crippen molar-refractivity contribution in [2.24, 2.45) is 0 Å². The van der Waals surface area contributed by atoms with E-state index in [0.717, 1.165) is 35.5 Å². The Morgan fingerprint density at radius 3 is 2.29 bits per heavy atom. The number of rotatable bonds is 8. The lowest BCUT2D eigenvalue weighted by Gasteiger charge is -2.16. The highest BCUT2D eigenvalue weighted by atomic mass is 16.2. The second-order valence-corrected chi connectivity index (χ2v) is 8.11. The molecule has 1 saturated carbocycles. The van der Waals surface area contributed by atoms with Crippen molar-refractivity contribution in [1.82, 2.24) is 14.7 Å². The summed E-state index contributed by atoms with van der Waals surface area (Å²) in [5.74, 6) is 0.777. The monoisotopic (exact) mass is 417 g/mol. The van der Waals surface area contributed by atoms with Gasteiger partial charge in [-0.1, -0.05) is 35.9 Å². The Morgan fingerprint density at radius 1 is 1.00 bits per heavy atom. The molecule has 1 aromatic heterocycles. The lowest BCUT2D eigenvalue weighted by Crippen LogP contribution is -2.36.